The molecule has 0 saturated heterocycles. The fourth-order valence-corrected chi connectivity index (χ4v) is 5.89. The smallest absolute Gasteiger partial charge is 0.336 e. The first kappa shape index (κ1) is 26.5. The first-order valence-corrected chi connectivity index (χ1v) is 13.1. The number of ether oxygens (including phenoxy) is 5. The fraction of sp³-hybridized carbons (Fsp3) is 0.400. The van der Waals surface area contributed by atoms with Gasteiger partial charge in [0.2, 0.25) is 6.79 Å². The lowest BCUT2D eigenvalue weighted by atomic mass is 9.62. The summed E-state index contributed by atoms with van der Waals surface area (Å²) < 4.78 is 27.5. The molecule has 1 saturated carbocycles. The quantitative estimate of drug-likeness (QED) is 0.382. The number of esters is 2. The summed E-state index contributed by atoms with van der Waals surface area (Å²) in [5.74, 6) is -3.08. The number of Topliss-reactive ketones (excluding diaryl/α,β-unsaturated/α-hetero) is 1. The van der Waals surface area contributed by atoms with E-state index < -0.39 is 35.6 Å². The van der Waals surface area contributed by atoms with Gasteiger partial charge in [-0.1, -0.05) is 24.3 Å². The Morgan fingerprint density at radius 3 is 2.49 bits per heavy atom. The molecule has 0 radical (unpaired) electrons. The Bertz CT molecular complexity index is 1380. The zero-order valence-corrected chi connectivity index (χ0v) is 22.4. The summed E-state index contributed by atoms with van der Waals surface area (Å²) in [7, 11) is 1.55. The second kappa shape index (κ2) is 10.9. The molecule has 1 fully saturated rings. The number of aliphatic imine (C=N–C) groups is 1. The van der Waals surface area contributed by atoms with Gasteiger partial charge in [-0.15, -0.1) is 0 Å². The minimum atomic E-state index is -1.11. The molecule has 2 aliphatic heterocycles. The first-order chi connectivity index (χ1) is 18.9. The van der Waals surface area contributed by atoms with Crippen LogP contribution < -0.4 is 14.2 Å². The van der Waals surface area contributed by atoms with E-state index in [4.69, 9.17) is 28.7 Å². The van der Waals surface area contributed by atoms with E-state index in [0.29, 0.717) is 40.6 Å². The maximum absolute atomic E-state index is 14.5. The predicted octanol–water partition coefficient (Wildman–Crippen LogP) is 4.35. The molecule has 0 amide bonds. The number of hydrogen-bond donors (Lipinski definition) is 0. The normalized spacial score (nSPS) is 23.6. The minimum absolute atomic E-state index is 0.0869. The number of fused-ring (bicyclic) bond motifs is 2. The van der Waals surface area contributed by atoms with Gasteiger partial charge in [-0.3, -0.25) is 14.6 Å². The predicted molar refractivity (Wildman–Crippen MR) is 141 cm³/mol. The highest BCUT2D eigenvalue weighted by molar-refractivity contribution is 6.18. The Labute approximate surface area is 226 Å². The molecule has 39 heavy (non-hydrogen) atoms. The van der Waals surface area contributed by atoms with Crippen LogP contribution >= 0.6 is 0 Å². The second-order valence-corrected chi connectivity index (χ2v) is 9.58. The molecule has 1 unspecified atom stereocenters. The summed E-state index contributed by atoms with van der Waals surface area (Å²) in [4.78, 5) is 45.9. The van der Waals surface area contributed by atoms with Gasteiger partial charge >= 0.3 is 11.9 Å². The van der Waals surface area contributed by atoms with E-state index in [2.05, 4.69) is 0 Å². The van der Waals surface area contributed by atoms with Crippen molar-refractivity contribution in [2.45, 2.75) is 39.0 Å². The summed E-state index contributed by atoms with van der Waals surface area (Å²) >= 11 is 0. The van der Waals surface area contributed by atoms with Crippen LogP contribution in [0.2, 0.25) is 0 Å². The Morgan fingerprint density at radius 1 is 1.00 bits per heavy atom. The van der Waals surface area contributed by atoms with Crippen molar-refractivity contribution >= 4 is 23.4 Å². The molecule has 3 aliphatic rings. The van der Waals surface area contributed by atoms with Crippen LogP contribution in [0, 0.1) is 11.8 Å². The zero-order chi connectivity index (χ0) is 27.7. The van der Waals surface area contributed by atoms with E-state index in [9.17, 15) is 14.4 Å². The number of ketones is 1. The molecular formula is C30H31NO8. The molecule has 1 aliphatic carbocycles. The van der Waals surface area contributed by atoms with Crippen LogP contribution in [-0.4, -0.2) is 50.6 Å². The van der Waals surface area contributed by atoms with Crippen LogP contribution in [0.1, 0.15) is 50.2 Å². The van der Waals surface area contributed by atoms with Crippen LogP contribution in [0.15, 0.2) is 58.7 Å². The average molecular weight is 534 g/mol. The van der Waals surface area contributed by atoms with Gasteiger partial charge in [0.25, 0.3) is 0 Å². The number of carbonyl (C=O) groups is 3. The Morgan fingerprint density at radius 2 is 1.74 bits per heavy atom. The highest BCUT2D eigenvalue weighted by Crippen LogP contribution is 2.50. The van der Waals surface area contributed by atoms with Crippen LogP contribution in [0.25, 0.3) is 0 Å². The summed E-state index contributed by atoms with van der Waals surface area (Å²) in [6.07, 6.45) is 0.314. The van der Waals surface area contributed by atoms with Crippen molar-refractivity contribution in [3.05, 3.63) is 64.9 Å². The summed E-state index contributed by atoms with van der Waals surface area (Å²) in [6, 6.07) is 12.7. The zero-order valence-electron chi connectivity index (χ0n) is 22.4. The molecule has 9 nitrogen and oxygen atoms in total. The van der Waals surface area contributed by atoms with Crippen molar-refractivity contribution in [1.29, 1.82) is 0 Å². The molecule has 9 heteroatoms. The van der Waals surface area contributed by atoms with Crippen LogP contribution in [0.4, 0.5) is 0 Å². The fourth-order valence-electron chi connectivity index (χ4n) is 5.89. The van der Waals surface area contributed by atoms with Crippen LogP contribution in [0.3, 0.4) is 0 Å². The number of hydrogen-bond acceptors (Lipinski definition) is 9. The monoisotopic (exact) mass is 533 g/mol. The Balaban J connectivity index is 1.68. The van der Waals surface area contributed by atoms with Gasteiger partial charge in [-0.2, -0.15) is 0 Å². The first-order valence-electron chi connectivity index (χ1n) is 13.1. The summed E-state index contributed by atoms with van der Waals surface area (Å²) in [6.45, 7) is 5.56. The maximum atomic E-state index is 14.5. The Hall–Kier alpha value is -4.14. The number of methoxy groups -OCH3 is 1. The van der Waals surface area contributed by atoms with E-state index in [-0.39, 0.29) is 31.4 Å². The second-order valence-electron chi connectivity index (χ2n) is 9.58. The summed E-state index contributed by atoms with van der Waals surface area (Å²) in [5.41, 5.74) is 2.76. The number of benzene rings is 2. The molecule has 204 valence electrons. The van der Waals surface area contributed by atoms with Crippen molar-refractivity contribution in [2.75, 3.05) is 27.1 Å². The highest BCUT2D eigenvalue weighted by Gasteiger charge is 2.53. The van der Waals surface area contributed by atoms with Gasteiger partial charge in [0.15, 0.2) is 17.3 Å². The van der Waals surface area contributed by atoms with Crippen molar-refractivity contribution in [1.82, 2.24) is 0 Å². The van der Waals surface area contributed by atoms with E-state index in [1.165, 1.54) is 0 Å². The number of rotatable bonds is 7. The van der Waals surface area contributed by atoms with Gasteiger partial charge in [-0.25, -0.2) is 4.79 Å². The number of nitrogens with zero attached hydrogens (tertiary/aromatic N) is 1. The maximum Gasteiger partial charge on any atom is 0.336 e. The summed E-state index contributed by atoms with van der Waals surface area (Å²) in [5, 5.41) is 0. The standard InChI is InChI=1S/C30H31NO8/c1-5-36-29(33)24-16(3)31-20-14-19(18-9-7-8-10-21(18)35-4)26(30(34)37-6-2)28(32)27(20)25(24)17-11-12-22-23(13-17)39-15-38-22/h7-13,19,25-27H,5-6,14-15H2,1-4H3/t19-,25-,26-,27?/m1/s1. The molecule has 0 N–H and O–H groups in total. The average Bonchev–Trinajstić information content (AvgIpc) is 3.40. The lowest BCUT2D eigenvalue weighted by Gasteiger charge is -2.41. The molecule has 0 bridgehead atoms. The minimum Gasteiger partial charge on any atom is -0.496 e. The van der Waals surface area contributed by atoms with E-state index in [1.54, 1.807) is 46.1 Å². The topological polar surface area (TPSA) is 110 Å². The van der Waals surface area contributed by atoms with E-state index in [1.807, 2.05) is 24.3 Å². The molecule has 0 aromatic heterocycles. The SMILES string of the molecule is CCOC(=O)C1=C(C)N=C2C[C@H](c3ccccc3OC)[C@@H](C(=O)OCC)C(=O)C2[C@@H]1c1ccc2c(c1)OCO2. The molecular weight excluding hydrogens is 502 g/mol. The lowest BCUT2D eigenvalue weighted by molar-refractivity contribution is -0.153. The van der Waals surface area contributed by atoms with Crippen molar-refractivity contribution in [3.8, 4) is 17.2 Å². The van der Waals surface area contributed by atoms with Gasteiger partial charge in [-0.05, 0) is 56.5 Å². The molecule has 4 atom stereocenters. The molecule has 5 rings (SSSR count). The third kappa shape index (κ3) is 4.66. The van der Waals surface area contributed by atoms with Crippen molar-refractivity contribution in [2.24, 2.45) is 16.8 Å². The number of para-hydroxylation sites is 1. The van der Waals surface area contributed by atoms with E-state index >= 15 is 0 Å². The number of carbonyl (C=O) groups excluding carboxylic acids is 3. The van der Waals surface area contributed by atoms with Crippen molar-refractivity contribution in [3.63, 3.8) is 0 Å². The third-order valence-corrected chi connectivity index (χ3v) is 7.48. The lowest BCUT2D eigenvalue weighted by Crippen LogP contribution is -2.48. The van der Waals surface area contributed by atoms with Gasteiger partial charge in [0.1, 0.15) is 11.7 Å². The van der Waals surface area contributed by atoms with Crippen LogP contribution in [0.5, 0.6) is 17.2 Å². The molecule has 2 heterocycles. The highest BCUT2D eigenvalue weighted by atomic mass is 16.7. The largest absolute Gasteiger partial charge is 0.496 e. The van der Waals surface area contributed by atoms with Gasteiger partial charge in [0, 0.05) is 23.2 Å². The Kier molecular flexibility index (Phi) is 7.41. The number of allylic oxidation sites excluding steroid dienone is 1. The van der Waals surface area contributed by atoms with Gasteiger partial charge in [0.05, 0.1) is 31.8 Å². The van der Waals surface area contributed by atoms with Crippen LogP contribution in [-0.2, 0) is 23.9 Å². The molecule has 0 spiro atoms. The molecule has 2 aromatic rings. The van der Waals surface area contributed by atoms with Crippen molar-refractivity contribution < 1.29 is 38.1 Å². The molecule has 2 aromatic carbocycles. The van der Waals surface area contributed by atoms with E-state index in [0.717, 1.165) is 5.56 Å². The third-order valence-electron chi connectivity index (χ3n) is 7.48. The van der Waals surface area contributed by atoms with Gasteiger partial charge < -0.3 is 23.7 Å².